The molecule has 0 aliphatic rings. The van der Waals surface area contributed by atoms with Crippen molar-refractivity contribution in [2.24, 2.45) is 0 Å². The molecular formula is C21H30N4O4S. The number of benzene rings is 1. The highest BCUT2D eigenvalue weighted by atomic mass is 32.2. The van der Waals surface area contributed by atoms with Crippen molar-refractivity contribution in [2.45, 2.75) is 45.1 Å². The van der Waals surface area contributed by atoms with Gasteiger partial charge in [-0.1, -0.05) is 13.0 Å². The molecule has 0 saturated carbocycles. The summed E-state index contributed by atoms with van der Waals surface area (Å²) in [4.78, 5) is 42.2. The van der Waals surface area contributed by atoms with Crippen molar-refractivity contribution in [3.8, 4) is 0 Å². The van der Waals surface area contributed by atoms with Gasteiger partial charge in [0.1, 0.15) is 5.82 Å². The lowest BCUT2D eigenvalue weighted by atomic mass is 10.1. The number of hydrogen-bond donors (Lipinski definition) is 2. The molecule has 1 aromatic carbocycles. The predicted octanol–water partition coefficient (Wildman–Crippen LogP) is 2.31. The first kappa shape index (κ1) is 23.8. The van der Waals surface area contributed by atoms with Crippen molar-refractivity contribution in [1.82, 2.24) is 9.55 Å². The van der Waals surface area contributed by atoms with Crippen LogP contribution in [0, 0.1) is 13.8 Å². The van der Waals surface area contributed by atoms with E-state index in [0.29, 0.717) is 18.7 Å². The maximum Gasteiger partial charge on any atom is 0.330 e. The fourth-order valence-corrected chi connectivity index (χ4v) is 3.96. The van der Waals surface area contributed by atoms with E-state index in [2.05, 4.69) is 31.0 Å². The van der Waals surface area contributed by atoms with E-state index < -0.39 is 11.2 Å². The maximum absolute atomic E-state index is 13.0. The molecule has 0 atom stereocenters. The summed E-state index contributed by atoms with van der Waals surface area (Å²) in [6.07, 6.45) is 0.876. The van der Waals surface area contributed by atoms with Gasteiger partial charge in [-0.15, -0.1) is 11.8 Å². The number of nitrogens with zero attached hydrogens (tertiary/aromatic N) is 2. The molecule has 2 aromatic rings. The van der Waals surface area contributed by atoms with Crippen molar-refractivity contribution < 1.29 is 9.53 Å². The number of nitrogens with one attached hydrogen (secondary N) is 1. The highest BCUT2D eigenvalue weighted by Crippen LogP contribution is 2.23. The maximum atomic E-state index is 13.0. The first-order valence-corrected chi connectivity index (χ1v) is 10.9. The summed E-state index contributed by atoms with van der Waals surface area (Å²) >= 11 is 1.58. The summed E-state index contributed by atoms with van der Waals surface area (Å²) in [7, 11) is 1.52. The first-order chi connectivity index (χ1) is 14.3. The Labute approximate surface area is 180 Å². The molecule has 30 heavy (non-hydrogen) atoms. The highest BCUT2D eigenvalue weighted by molar-refractivity contribution is 7.99. The van der Waals surface area contributed by atoms with Gasteiger partial charge in [-0.3, -0.25) is 19.1 Å². The van der Waals surface area contributed by atoms with Gasteiger partial charge < -0.3 is 15.4 Å². The van der Waals surface area contributed by atoms with E-state index in [-0.39, 0.29) is 37.0 Å². The zero-order valence-electron chi connectivity index (χ0n) is 18.0. The molecule has 0 spiro atoms. The second-order valence-electron chi connectivity index (χ2n) is 7.03. The number of aryl methyl sites for hydroxylation is 2. The third-order valence-electron chi connectivity index (χ3n) is 4.81. The average molecular weight is 435 g/mol. The number of carbonyl (C=O) groups is 1. The molecule has 1 amide bonds. The second kappa shape index (κ2) is 11.0. The number of ether oxygens (including phenoxy) is 1. The number of nitrogen functional groups attached to an aromatic ring is 1. The van der Waals surface area contributed by atoms with Crippen LogP contribution in [0.25, 0.3) is 0 Å². The molecule has 2 rings (SSSR count). The molecule has 0 saturated heterocycles. The van der Waals surface area contributed by atoms with Crippen molar-refractivity contribution in [3.63, 3.8) is 0 Å². The summed E-state index contributed by atoms with van der Waals surface area (Å²) in [5.41, 5.74) is 7.31. The molecule has 9 heteroatoms. The molecule has 8 nitrogen and oxygen atoms in total. The lowest BCUT2D eigenvalue weighted by Crippen LogP contribution is -2.42. The fourth-order valence-electron chi connectivity index (χ4n) is 3.02. The van der Waals surface area contributed by atoms with Crippen LogP contribution >= 0.6 is 11.8 Å². The van der Waals surface area contributed by atoms with Gasteiger partial charge in [0.15, 0.2) is 5.69 Å². The molecule has 1 heterocycles. The average Bonchev–Trinajstić information content (AvgIpc) is 2.70. The van der Waals surface area contributed by atoms with E-state index in [4.69, 9.17) is 10.5 Å². The van der Waals surface area contributed by atoms with Crippen molar-refractivity contribution in [2.75, 3.05) is 36.6 Å². The van der Waals surface area contributed by atoms with Crippen LogP contribution in [-0.4, -0.2) is 41.5 Å². The SMILES string of the molecule is CCCn1c(N)c(N(CCOC)C(=O)CCSc2ccc(C)c(C)c2)c(=O)[nH]c1=O. The van der Waals surface area contributed by atoms with Crippen LogP contribution in [0.1, 0.15) is 30.9 Å². The molecule has 164 valence electrons. The predicted molar refractivity (Wildman–Crippen MR) is 122 cm³/mol. The van der Waals surface area contributed by atoms with Crippen molar-refractivity contribution in [3.05, 3.63) is 50.2 Å². The summed E-state index contributed by atoms with van der Waals surface area (Å²) in [5.74, 6) is 0.302. The van der Waals surface area contributed by atoms with E-state index in [1.165, 1.54) is 27.7 Å². The number of aromatic nitrogens is 2. The number of methoxy groups -OCH3 is 1. The van der Waals surface area contributed by atoms with Crippen LogP contribution in [0.4, 0.5) is 11.5 Å². The minimum atomic E-state index is -0.670. The number of aromatic amines is 1. The Hall–Kier alpha value is -2.52. The zero-order chi connectivity index (χ0) is 22.3. The quantitative estimate of drug-likeness (QED) is 0.555. The number of anilines is 2. The van der Waals surface area contributed by atoms with E-state index in [0.717, 1.165) is 4.90 Å². The minimum Gasteiger partial charge on any atom is -0.383 e. The summed E-state index contributed by atoms with van der Waals surface area (Å²) < 4.78 is 6.39. The molecular weight excluding hydrogens is 404 g/mol. The number of H-pyrrole nitrogens is 1. The van der Waals surface area contributed by atoms with Crippen LogP contribution in [0.15, 0.2) is 32.7 Å². The van der Waals surface area contributed by atoms with Gasteiger partial charge in [-0.25, -0.2) is 4.79 Å². The number of carbonyl (C=O) groups excluding carboxylic acids is 1. The standard InChI is InChI=1S/C21H30N4O4S/c1-5-9-25-19(22)18(20(27)23-21(25)28)24(10-11-29-4)17(26)8-12-30-16-7-6-14(2)15(3)13-16/h6-7,13H,5,8-12,22H2,1-4H3,(H,23,27,28). The third kappa shape index (κ3) is 5.76. The van der Waals surface area contributed by atoms with Crippen LogP contribution < -0.4 is 21.9 Å². The molecule has 0 radical (unpaired) electrons. The molecule has 3 N–H and O–H groups in total. The van der Waals surface area contributed by atoms with Crippen LogP contribution in [-0.2, 0) is 16.1 Å². The summed E-state index contributed by atoms with van der Waals surface area (Å²) in [5, 5.41) is 0. The topological polar surface area (TPSA) is 110 Å². The van der Waals surface area contributed by atoms with Gasteiger partial charge in [-0.05, 0) is 43.5 Å². The molecule has 0 aliphatic carbocycles. The Bertz CT molecular complexity index is 999. The van der Waals surface area contributed by atoms with E-state index in [1.54, 1.807) is 11.8 Å². The molecule has 0 unspecified atom stereocenters. The van der Waals surface area contributed by atoms with Gasteiger partial charge in [-0.2, -0.15) is 0 Å². The smallest absolute Gasteiger partial charge is 0.330 e. The molecule has 0 bridgehead atoms. The number of nitrogens with two attached hydrogens (primary N) is 1. The number of thioether (sulfide) groups is 1. The fraction of sp³-hybridized carbons (Fsp3) is 0.476. The normalized spacial score (nSPS) is 10.9. The Morgan fingerprint density at radius 3 is 2.63 bits per heavy atom. The lowest BCUT2D eigenvalue weighted by Gasteiger charge is -2.24. The van der Waals surface area contributed by atoms with E-state index in [1.807, 2.05) is 13.0 Å². The Morgan fingerprint density at radius 2 is 2.00 bits per heavy atom. The van der Waals surface area contributed by atoms with Gasteiger partial charge in [0, 0.05) is 37.3 Å². The number of hydrogen-bond acceptors (Lipinski definition) is 6. The van der Waals surface area contributed by atoms with Gasteiger partial charge >= 0.3 is 5.69 Å². The van der Waals surface area contributed by atoms with Crippen molar-refractivity contribution in [1.29, 1.82) is 0 Å². The molecule has 0 aliphatic heterocycles. The monoisotopic (exact) mass is 434 g/mol. The largest absolute Gasteiger partial charge is 0.383 e. The second-order valence-corrected chi connectivity index (χ2v) is 8.20. The Kier molecular flexibility index (Phi) is 8.73. The summed E-state index contributed by atoms with van der Waals surface area (Å²) in [6, 6.07) is 6.18. The van der Waals surface area contributed by atoms with Crippen LogP contribution in [0.3, 0.4) is 0 Å². The van der Waals surface area contributed by atoms with Gasteiger partial charge in [0.2, 0.25) is 5.91 Å². The third-order valence-corrected chi connectivity index (χ3v) is 5.81. The van der Waals surface area contributed by atoms with Crippen LogP contribution in [0.5, 0.6) is 0 Å². The first-order valence-electron chi connectivity index (χ1n) is 9.92. The van der Waals surface area contributed by atoms with Crippen molar-refractivity contribution >= 4 is 29.2 Å². The summed E-state index contributed by atoms with van der Waals surface area (Å²) in [6.45, 7) is 6.76. The Morgan fingerprint density at radius 1 is 1.27 bits per heavy atom. The van der Waals surface area contributed by atoms with E-state index in [9.17, 15) is 14.4 Å². The minimum absolute atomic E-state index is 0.00119. The van der Waals surface area contributed by atoms with Gasteiger partial charge in [0.05, 0.1) is 6.61 Å². The Balaban J connectivity index is 2.23. The zero-order valence-corrected chi connectivity index (χ0v) is 18.8. The van der Waals surface area contributed by atoms with Crippen LogP contribution in [0.2, 0.25) is 0 Å². The lowest BCUT2D eigenvalue weighted by molar-refractivity contribution is -0.118. The highest BCUT2D eigenvalue weighted by Gasteiger charge is 2.23. The number of amides is 1. The van der Waals surface area contributed by atoms with Gasteiger partial charge in [0.25, 0.3) is 5.56 Å². The molecule has 1 aromatic heterocycles. The molecule has 0 fully saturated rings. The van der Waals surface area contributed by atoms with E-state index >= 15 is 0 Å². The number of rotatable bonds is 10.